The van der Waals surface area contributed by atoms with Gasteiger partial charge >= 0.3 is 0 Å². The first-order valence-corrected chi connectivity index (χ1v) is 13.9. The van der Waals surface area contributed by atoms with Crippen molar-refractivity contribution >= 4 is 0 Å². The molecular weight excluding hydrogens is 476 g/mol. The van der Waals surface area contributed by atoms with E-state index in [9.17, 15) is 0 Å². The van der Waals surface area contributed by atoms with Crippen molar-refractivity contribution in [2.45, 2.75) is 58.3 Å². The molecule has 0 fully saturated rings. The van der Waals surface area contributed by atoms with Crippen molar-refractivity contribution < 1.29 is 23.7 Å². The van der Waals surface area contributed by atoms with E-state index in [4.69, 9.17) is 23.7 Å². The quantitative estimate of drug-likeness (QED) is 0.0755. The lowest BCUT2D eigenvalue weighted by atomic mass is 10.1. The maximum Gasteiger partial charge on any atom is 0.230 e. The van der Waals surface area contributed by atoms with Gasteiger partial charge in [-0.25, -0.2) is 0 Å². The third-order valence-electron chi connectivity index (χ3n) is 6.66. The van der Waals surface area contributed by atoms with Crippen LogP contribution in [0.2, 0.25) is 0 Å². The summed E-state index contributed by atoms with van der Waals surface area (Å²) in [7, 11) is 0. The second-order valence-electron chi connectivity index (χ2n) is 9.55. The Morgan fingerprint density at radius 3 is 1.74 bits per heavy atom. The van der Waals surface area contributed by atoms with E-state index in [0.29, 0.717) is 6.61 Å². The zero-order valence-electron chi connectivity index (χ0n) is 22.6. The molecule has 3 aromatic carbocycles. The van der Waals surface area contributed by atoms with Gasteiger partial charge in [0.05, 0.1) is 26.1 Å². The third-order valence-corrected chi connectivity index (χ3v) is 6.66. The van der Waals surface area contributed by atoms with Crippen molar-refractivity contribution in [3.05, 3.63) is 84.6 Å². The Labute approximate surface area is 227 Å². The molecular formula is C33H40O5. The molecule has 0 atom stereocenters. The van der Waals surface area contributed by atoms with Crippen LogP contribution in [0.5, 0.6) is 23.0 Å². The summed E-state index contributed by atoms with van der Waals surface area (Å²) in [5.41, 5.74) is 5.13. The fourth-order valence-electron chi connectivity index (χ4n) is 4.60. The second kappa shape index (κ2) is 15.0. The van der Waals surface area contributed by atoms with Crippen LogP contribution >= 0.6 is 0 Å². The summed E-state index contributed by atoms with van der Waals surface area (Å²) >= 11 is 0. The highest BCUT2D eigenvalue weighted by atomic mass is 16.7. The smallest absolute Gasteiger partial charge is 0.230 e. The van der Waals surface area contributed by atoms with Crippen LogP contribution < -0.4 is 18.9 Å². The van der Waals surface area contributed by atoms with Crippen LogP contribution in [0, 0.1) is 0 Å². The standard InChI is InChI=1S/C33H40O5/c1-3-5-8-20-36-30-15-17-32-26(23-30)22-27-24-31(16-18-33(27)32)38-25-37-29-13-11-28(12-14-29)35-21-10-7-6-9-19-34-4-2/h4,11-18,23-24H,2-3,5-10,19-22,25H2,1H3. The highest BCUT2D eigenvalue weighted by Crippen LogP contribution is 2.40. The van der Waals surface area contributed by atoms with Gasteiger partial charge in [-0.15, -0.1) is 0 Å². The van der Waals surface area contributed by atoms with Crippen molar-refractivity contribution in [3.8, 4) is 34.1 Å². The first-order valence-electron chi connectivity index (χ1n) is 13.9. The second-order valence-corrected chi connectivity index (χ2v) is 9.55. The molecule has 38 heavy (non-hydrogen) atoms. The first kappa shape index (κ1) is 27.4. The summed E-state index contributed by atoms with van der Waals surface area (Å²) < 4.78 is 28.6. The van der Waals surface area contributed by atoms with Crippen molar-refractivity contribution in [1.29, 1.82) is 0 Å². The van der Waals surface area contributed by atoms with Crippen LogP contribution in [0.15, 0.2) is 73.5 Å². The topological polar surface area (TPSA) is 46.2 Å². The van der Waals surface area contributed by atoms with Crippen molar-refractivity contribution in [1.82, 2.24) is 0 Å². The van der Waals surface area contributed by atoms with Crippen LogP contribution in [-0.4, -0.2) is 26.6 Å². The average Bonchev–Trinajstić information content (AvgIpc) is 3.30. The monoisotopic (exact) mass is 516 g/mol. The lowest BCUT2D eigenvalue weighted by molar-refractivity contribution is 0.119. The lowest BCUT2D eigenvalue weighted by Crippen LogP contribution is -2.06. The molecule has 0 bridgehead atoms. The number of unbranched alkanes of at least 4 members (excludes halogenated alkanes) is 5. The lowest BCUT2D eigenvalue weighted by Gasteiger charge is -2.11. The van der Waals surface area contributed by atoms with Crippen LogP contribution in [0.4, 0.5) is 0 Å². The van der Waals surface area contributed by atoms with Gasteiger partial charge in [-0.2, -0.15) is 0 Å². The third kappa shape index (κ3) is 8.20. The largest absolute Gasteiger partial charge is 0.502 e. The Morgan fingerprint density at radius 1 is 0.605 bits per heavy atom. The predicted octanol–water partition coefficient (Wildman–Crippen LogP) is 8.34. The normalized spacial score (nSPS) is 11.4. The van der Waals surface area contributed by atoms with E-state index < -0.39 is 0 Å². The van der Waals surface area contributed by atoms with E-state index in [-0.39, 0.29) is 6.79 Å². The van der Waals surface area contributed by atoms with Crippen molar-refractivity contribution in [2.75, 3.05) is 26.6 Å². The fourth-order valence-corrected chi connectivity index (χ4v) is 4.60. The molecule has 3 aromatic rings. The minimum atomic E-state index is 0.150. The summed E-state index contributed by atoms with van der Waals surface area (Å²) in [6.45, 7) is 8.13. The zero-order chi connectivity index (χ0) is 26.4. The van der Waals surface area contributed by atoms with Gasteiger partial charge in [0.25, 0.3) is 0 Å². The minimum absolute atomic E-state index is 0.150. The molecule has 0 spiro atoms. The van der Waals surface area contributed by atoms with E-state index in [1.807, 2.05) is 30.3 Å². The van der Waals surface area contributed by atoms with Crippen LogP contribution in [0.1, 0.15) is 63.0 Å². The molecule has 5 heteroatoms. The maximum absolute atomic E-state index is 5.95. The molecule has 1 aliphatic carbocycles. The number of benzene rings is 3. The molecule has 5 nitrogen and oxygen atoms in total. The fraction of sp³-hybridized carbons (Fsp3) is 0.394. The number of hydrogen-bond acceptors (Lipinski definition) is 5. The van der Waals surface area contributed by atoms with Gasteiger partial charge in [-0.1, -0.05) is 38.5 Å². The van der Waals surface area contributed by atoms with E-state index in [1.54, 1.807) is 0 Å². The van der Waals surface area contributed by atoms with E-state index in [0.717, 1.165) is 74.7 Å². The van der Waals surface area contributed by atoms with E-state index in [2.05, 4.69) is 43.8 Å². The van der Waals surface area contributed by atoms with Crippen LogP contribution in [0.3, 0.4) is 0 Å². The SMILES string of the molecule is C=COCCCCCCOc1ccc(OCOc2ccc3c(c2)Cc2cc(OCCCCC)ccc2-3)cc1. The van der Waals surface area contributed by atoms with Gasteiger partial charge in [-0.3, -0.25) is 0 Å². The molecule has 0 saturated carbocycles. The molecule has 0 heterocycles. The molecule has 0 aromatic heterocycles. The highest BCUT2D eigenvalue weighted by Gasteiger charge is 2.19. The molecule has 0 radical (unpaired) electrons. The minimum Gasteiger partial charge on any atom is -0.502 e. The molecule has 0 saturated heterocycles. The average molecular weight is 517 g/mol. The van der Waals surface area contributed by atoms with Crippen molar-refractivity contribution in [2.24, 2.45) is 0 Å². The molecule has 0 aliphatic heterocycles. The number of rotatable bonds is 18. The van der Waals surface area contributed by atoms with Gasteiger partial charge in [0.2, 0.25) is 6.79 Å². The summed E-state index contributed by atoms with van der Waals surface area (Å²) in [5.74, 6) is 3.36. The molecule has 0 amide bonds. The summed E-state index contributed by atoms with van der Waals surface area (Å²) in [6, 6.07) is 20.4. The number of hydrogen-bond donors (Lipinski definition) is 0. The Bertz CT molecular complexity index is 1140. The summed E-state index contributed by atoms with van der Waals surface area (Å²) in [4.78, 5) is 0. The van der Waals surface area contributed by atoms with E-state index >= 15 is 0 Å². The molecule has 1 aliphatic rings. The Balaban J connectivity index is 1.17. The van der Waals surface area contributed by atoms with Crippen molar-refractivity contribution in [3.63, 3.8) is 0 Å². The van der Waals surface area contributed by atoms with Gasteiger partial charge in [0.15, 0.2) is 0 Å². The number of ether oxygens (including phenoxy) is 5. The molecule has 0 N–H and O–H groups in total. The summed E-state index contributed by atoms with van der Waals surface area (Å²) in [6.07, 6.45) is 10.2. The van der Waals surface area contributed by atoms with E-state index in [1.165, 1.54) is 41.4 Å². The Hall–Kier alpha value is -3.60. The maximum atomic E-state index is 5.95. The van der Waals surface area contributed by atoms with Crippen LogP contribution in [-0.2, 0) is 11.2 Å². The summed E-state index contributed by atoms with van der Waals surface area (Å²) in [5, 5.41) is 0. The van der Waals surface area contributed by atoms with Gasteiger partial charge in [0.1, 0.15) is 23.0 Å². The molecule has 4 rings (SSSR count). The Morgan fingerprint density at radius 2 is 1.11 bits per heavy atom. The predicted molar refractivity (Wildman–Crippen MR) is 152 cm³/mol. The highest BCUT2D eigenvalue weighted by molar-refractivity contribution is 5.78. The van der Waals surface area contributed by atoms with Crippen LogP contribution in [0.25, 0.3) is 11.1 Å². The van der Waals surface area contributed by atoms with Gasteiger partial charge in [0, 0.05) is 0 Å². The zero-order valence-corrected chi connectivity index (χ0v) is 22.6. The number of fused-ring (bicyclic) bond motifs is 3. The molecule has 0 unspecified atom stereocenters. The van der Waals surface area contributed by atoms with Gasteiger partial charge in [-0.05, 0) is 109 Å². The van der Waals surface area contributed by atoms with Gasteiger partial charge < -0.3 is 23.7 Å². The Kier molecular flexibility index (Phi) is 10.8. The first-order chi connectivity index (χ1) is 18.8. The molecule has 202 valence electrons.